The van der Waals surface area contributed by atoms with Gasteiger partial charge in [0.1, 0.15) is 0 Å². The third-order valence-electron chi connectivity index (χ3n) is 2.55. The van der Waals surface area contributed by atoms with Crippen molar-refractivity contribution < 1.29 is 23.6 Å². The van der Waals surface area contributed by atoms with Gasteiger partial charge in [0.2, 0.25) is 11.9 Å². The lowest BCUT2D eigenvalue weighted by Crippen LogP contribution is -2.30. The minimum Gasteiger partial charge on any atom is -0.466 e. The molecule has 1 fully saturated rings. The molecule has 1 aliphatic carbocycles. The lowest BCUT2D eigenvalue weighted by atomic mass is 10.2. The highest BCUT2D eigenvalue weighted by Gasteiger charge is 2.40. The molecule has 1 aromatic heterocycles. The number of hydrogen-bond donors (Lipinski definition) is 0. The highest BCUT2D eigenvalue weighted by atomic mass is 16.6. The van der Waals surface area contributed by atoms with Crippen LogP contribution in [0.25, 0.3) is 0 Å². The number of methoxy groups -OCH3 is 1. The number of aryl methyl sites for hydroxylation is 1. The maximum atomic E-state index is 11.7. The fourth-order valence-corrected chi connectivity index (χ4v) is 1.49. The molecule has 1 saturated carbocycles. The third kappa shape index (κ3) is 2.64. The molecule has 2 rings (SSSR count). The van der Waals surface area contributed by atoms with E-state index in [1.165, 1.54) is 13.2 Å². The molecular weight excluding hydrogens is 226 g/mol. The summed E-state index contributed by atoms with van der Waals surface area (Å²) >= 11 is 0. The van der Waals surface area contributed by atoms with Gasteiger partial charge in [-0.25, -0.2) is 9.59 Å². The lowest BCUT2D eigenvalue weighted by molar-refractivity contribution is -0.152. The van der Waals surface area contributed by atoms with Crippen LogP contribution in [-0.4, -0.2) is 30.3 Å². The van der Waals surface area contributed by atoms with Crippen LogP contribution in [0.5, 0.6) is 0 Å². The van der Waals surface area contributed by atoms with Gasteiger partial charge in [0.05, 0.1) is 12.8 Å². The highest BCUT2D eigenvalue weighted by molar-refractivity contribution is 5.89. The molecule has 0 saturated heterocycles. The maximum Gasteiger partial charge on any atom is 0.378 e. The van der Waals surface area contributed by atoms with Crippen LogP contribution < -0.4 is 0 Å². The molecule has 17 heavy (non-hydrogen) atoms. The average molecular weight is 239 g/mol. The number of carbonyl (C=O) groups excluding carboxylic acids is 2. The van der Waals surface area contributed by atoms with Crippen LogP contribution >= 0.6 is 0 Å². The summed E-state index contributed by atoms with van der Waals surface area (Å²) in [6.45, 7) is 1.69. The monoisotopic (exact) mass is 239 g/mol. The first-order valence-electron chi connectivity index (χ1n) is 5.34. The van der Waals surface area contributed by atoms with Crippen LogP contribution in [0.1, 0.15) is 29.1 Å². The Balaban J connectivity index is 2.03. The van der Waals surface area contributed by atoms with Gasteiger partial charge in [-0.2, -0.15) is 0 Å². The summed E-state index contributed by atoms with van der Waals surface area (Å²) in [5, 5.41) is 3.58. The summed E-state index contributed by atoms with van der Waals surface area (Å²) in [6.07, 6.45) is 0.892. The predicted molar refractivity (Wildman–Crippen MR) is 55.2 cm³/mol. The van der Waals surface area contributed by atoms with Crippen LogP contribution in [0.15, 0.2) is 10.6 Å². The lowest BCUT2D eigenvalue weighted by Gasteiger charge is -2.13. The topological polar surface area (TPSA) is 78.6 Å². The van der Waals surface area contributed by atoms with Gasteiger partial charge < -0.3 is 14.0 Å². The molecule has 0 spiro atoms. The van der Waals surface area contributed by atoms with Crippen molar-refractivity contribution in [2.45, 2.75) is 25.9 Å². The SMILES string of the molecule is COC(=O)[C@H](OC(=O)c1cc(C)no1)C1CC1. The Morgan fingerprint density at radius 3 is 2.71 bits per heavy atom. The Labute approximate surface area is 97.9 Å². The molecule has 92 valence electrons. The summed E-state index contributed by atoms with van der Waals surface area (Å²) in [5.74, 6) is -1.16. The first-order chi connectivity index (χ1) is 8.11. The van der Waals surface area contributed by atoms with Gasteiger partial charge in [-0.05, 0) is 19.8 Å². The van der Waals surface area contributed by atoms with E-state index in [2.05, 4.69) is 9.89 Å². The molecule has 1 aromatic rings. The van der Waals surface area contributed by atoms with Gasteiger partial charge in [0.15, 0.2) is 0 Å². The summed E-state index contributed by atoms with van der Waals surface area (Å²) in [5.41, 5.74) is 0.581. The Morgan fingerprint density at radius 1 is 1.53 bits per heavy atom. The Bertz CT molecular complexity index is 435. The second-order valence-electron chi connectivity index (χ2n) is 4.02. The number of esters is 2. The van der Waals surface area contributed by atoms with Crippen molar-refractivity contribution >= 4 is 11.9 Å². The molecule has 0 aromatic carbocycles. The second kappa shape index (κ2) is 4.57. The number of aromatic nitrogens is 1. The summed E-state index contributed by atoms with van der Waals surface area (Å²) in [7, 11) is 1.27. The molecule has 1 heterocycles. The van der Waals surface area contributed by atoms with Crippen molar-refractivity contribution in [1.29, 1.82) is 0 Å². The molecular formula is C11H13NO5. The second-order valence-corrected chi connectivity index (χ2v) is 4.02. The van der Waals surface area contributed by atoms with Crippen molar-refractivity contribution in [2.24, 2.45) is 5.92 Å². The van der Waals surface area contributed by atoms with E-state index in [4.69, 9.17) is 9.26 Å². The highest BCUT2D eigenvalue weighted by Crippen LogP contribution is 2.35. The molecule has 6 nitrogen and oxygen atoms in total. The van der Waals surface area contributed by atoms with E-state index in [0.717, 1.165) is 12.8 Å². The maximum absolute atomic E-state index is 11.7. The van der Waals surface area contributed by atoms with E-state index < -0.39 is 18.0 Å². The number of carbonyl (C=O) groups is 2. The van der Waals surface area contributed by atoms with Gasteiger partial charge in [-0.15, -0.1) is 0 Å². The average Bonchev–Trinajstić information content (AvgIpc) is 3.06. The van der Waals surface area contributed by atoms with Gasteiger partial charge in [0.25, 0.3) is 0 Å². The van der Waals surface area contributed by atoms with Crippen LogP contribution in [0.3, 0.4) is 0 Å². The number of nitrogens with zero attached hydrogens (tertiary/aromatic N) is 1. The van der Waals surface area contributed by atoms with Gasteiger partial charge in [-0.3, -0.25) is 0 Å². The third-order valence-corrected chi connectivity index (χ3v) is 2.55. The largest absolute Gasteiger partial charge is 0.466 e. The molecule has 0 radical (unpaired) electrons. The fourth-order valence-electron chi connectivity index (χ4n) is 1.49. The van der Waals surface area contributed by atoms with Crippen molar-refractivity contribution in [2.75, 3.05) is 7.11 Å². The van der Waals surface area contributed by atoms with E-state index in [0.29, 0.717) is 5.69 Å². The zero-order valence-electron chi connectivity index (χ0n) is 9.63. The van der Waals surface area contributed by atoms with E-state index in [1.807, 2.05) is 0 Å². The molecule has 1 aliphatic rings. The number of hydrogen-bond acceptors (Lipinski definition) is 6. The van der Waals surface area contributed by atoms with Gasteiger partial charge >= 0.3 is 11.9 Å². The molecule has 6 heteroatoms. The Morgan fingerprint density at radius 2 is 2.24 bits per heavy atom. The summed E-state index contributed by atoms with van der Waals surface area (Å²) in [6, 6.07) is 1.46. The van der Waals surface area contributed by atoms with Gasteiger partial charge in [0, 0.05) is 12.0 Å². The quantitative estimate of drug-likeness (QED) is 0.732. The Kier molecular flexibility index (Phi) is 3.12. The minimum atomic E-state index is -0.835. The van der Waals surface area contributed by atoms with Crippen molar-refractivity contribution in [3.8, 4) is 0 Å². The summed E-state index contributed by atoms with van der Waals surface area (Å²) in [4.78, 5) is 23.1. The van der Waals surface area contributed by atoms with Crippen LogP contribution in [0.2, 0.25) is 0 Å². The molecule has 0 aliphatic heterocycles. The summed E-state index contributed by atoms with van der Waals surface area (Å²) < 4.78 is 14.4. The fraction of sp³-hybridized carbons (Fsp3) is 0.545. The number of rotatable bonds is 4. The molecule has 0 unspecified atom stereocenters. The van der Waals surface area contributed by atoms with E-state index in [-0.39, 0.29) is 11.7 Å². The zero-order valence-corrected chi connectivity index (χ0v) is 9.63. The first-order valence-corrected chi connectivity index (χ1v) is 5.34. The minimum absolute atomic E-state index is 0.00273. The van der Waals surface area contributed by atoms with Gasteiger partial charge in [-0.1, -0.05) is 5.16 Å². The normalized spacial score (nSPS) is 16.4. The van der Waals surface area contributed by atoms with E-state index >= 15 is 0 Å². The van der Waals surface area contributed by atoms with Crippen molar-refractivity contribution in [3.05, 3.63) is 17.5 Å². The van der Waals surface area contributed by atoms with Crippen LogP contribution in [-0.2, 0) is 14.3 Å². The predicted octanol–water partition coefficient (Wildman–Crippen LogP) is 1.09. The Hall–Kier alpha value is -1.85. The zero-order chi connectivity index (χ0) is 12.4. The standard InChI is InChI=1S/C11H13NO5/c1-6-5-8(17-12-6)10(13)16-9(7-3-4-7)11(14)15-2/h5,7,9H,3-4H2,1-2H3/t9-/m1/s1. The van der Waals surface area contributed by atoms with E-state index in [9.17, 15) is 9.59 Å². The van der Waals surface area contributed by atoms with E-state index in [1.54, 1.807) is 6.92 Å². The van der Waals surface area contributed by atoms with Crippen LogP contribution in [0.4, 0.5) is 0 Å². The molecule has 0 N–H and O–H groups in total. The smallest absolute Gasteiger partial charge is 0.378 e. The number of ether oxygens (including phenoxy) is 2. The van der Waals surface area contributed by atoms with Crippen LogP contribution in [0, 0.1) is 12.8 Å². The molecule has 1 atom stereocenters. The molecule has 0 amide bonds. The van der Waals surface area contributed by atoms with Crippen molar-refractivity contribution in [1.82, 2.24) is 5.16 Å². The van der Waals surface area contributed by atoms with Crippen molar-refractivity contribution in [3.63, 3.8) is 0 Å². The molecule has 0 bridgehead atoms. The first kappa shape index (κ1) is 11.6.